The molecule has 0 saturated carbocycles. The number of rotatable bonds is 2. The Balaban J connectivity index is 2.64. The first-order chi connectivity index (χ1) is 6.70. The van der Waals surface area contributed by atoms with Gasteiger partial charge in [0, 0.05) is 17.8 Å². The molecule has 0 saturated heterocycles. The molecular formula is C9H7N3O2. The van der Waals surface area contributed by atoms with Gasteiger partial charge in [0.15, 0.2) is 0 Å². The Morgan fingerprint density at radius 3 is 2.93 bits per heavy atom. The summed E-state index contributed by atoms with van der Waals surface area (Å²) in [5, 5.41) is 0.608. The van der Waals surface area contributed by atoms with Crippen LogP contribution in [0, 0.1) is 0 Å². The van der Waals surface area contributed by atoms with Gasteiger partial charge in [0.05, 0.1) is 5.56 Å². The van der Waals surface area contributed by atoms with Crippen molar-refractivity contribution in [2.45, 2.75) is 0 Å². The molecule has 5 heteroatoms. The summed E-state index contributed by atoms with van der Waals surface area (Å²) in [7, 11) is 0. The maximum atomic E-state index is 11.3. The van der Waals surface area contributed by atoms with Crippen molar-refractivity contribution in [3.63, 3.8) is 0 Å². The highest BCUT2D eigenvalue weighted by Gasteiger charge is 2.16. The van der Waals surface area contributed by atoms with E-state index in [1.54, 1.807) is 18.3 Å². The van der Waals surface area contributed by atoms with Crippen LogP contribution in [0.3, 0.4) is 0 Å². The van der Waals surface area contributed by atoms with E-state index < -0.39 is 11.7 Å². The molecule has 0 unspecified atom stereocenters. The third-order valence-corrected chi connectivity index (χ3v) is 1.92. The number of aromatic nitrogens is 2. The zero-order chi connectivity index (χ0) is 10.1. The highest BCUT2D eigenvalue weighted by Crippen LogP contribution is 2.15. The van der Waals surface area contributed by atoms with Crippen LogP contribution in [0.15, 0.2) is 24.5 Å². The monoisotopic (exact) mass is 189 g/mol. The van der Waals surface area contributed by atoms with Gasteiger partial charge in [-0.25, -0.2) is 4.98 Å². The maximum Gasteiger partial charge on any atom is 0.289 e. The zero-order valence-corrected chi connectivity index (χ0v) is 7.15. The highest BCUT2D eigenvalue weighted by molar-refractivity contribution is 6.44. The molecule has 3 N–H and O–H groups in total. The minimum absolute atomic E-state index is 0.264. The first-order valence-corrected chi connectivity index (χ1v) is 3.96. The molecule has 0 atom stereocenters. The molecule has 2 heterocycles. The van der Waals surface area contributed by atoms with Gasteiger partial charge in [-0.1, -0.05) is 0 Å². The smallest absolute Gasteiger partial charge is 0.289 e. The average Bonchev–Trinajstić information content (AvgIpc) is 2.60. The molecule has 0 radical (unpaired) electrons. The lowest BCUT2D eigenvalue weighted by molar-refractivity contribution is -0.114. The number of nitrogens with one attached hydrogen (secondary N) is 1. The Kier molecular flexibility index (Phi) is 1.78. The number of pyridine rings is 1. The number of hydrogen-bond acceptors (Lipinski definition) is 3. The summed E-state index contributed by atoms with van der Waals surface area (Å²) < 4.78 is 0. The van der Waals surface area contributed by atoms with Crippen LogP contribution in [0.1, 0.15) is 10.4 Å². The summed E-state index contributed by atoms with van der Waals surface area (Å²) in [6.45, 7) is 0. The summed E-state index contributed by atoms with van der Waals surface area (Å²) in [6, 6.07) is 3.39. The normalized spacial score (nSPS) is 10.3. The number of ketones is 1. The van der Waals surface area contributed by atoms with Crippen molar-refractivity contribution < 1.29 is 9.59 Å². The molecule has 14 heavy (non-hydrogen) atoms. The summed E-state index contributed by atoms with van der Waals surface area (Å²) in [5.41, 5.74) is 5.73. The number of H-pyrrole nitrogens is 1. The van der Waals surface area contributed by atoms with Gasteiger partial charge in [-0.15, -0.1) is 0 Å². The average molecular weight is 189 g/mol. The van der Waals surface area contributed by atoms with Crippen molar-refractivity contribution in [3.8, 4) is 0 Å². The molecule has 0 spiro atoms. The van der Waals surface area contributed by atoms with E-state index in [1.165, 1.54) is 6.20 Å². The fourth-order valence-corrected chi connectivity index (χ4v) is 1.28. The fourth-order valence-electron chi connectivity index (χ4n) is 1.28. The second-order valence-corrected chi connectivity index (χ2v) is 2.80. The third kappa shape index (κ3) is 1.15. The number of carbonyl (C=O) groups is 2. The van der Waals surface area contributed by atoms with E-state index >= 15 is 0 Å². The molecule has 0 aliphatic heterocycles. The number of Topliss-reactive ketones (excluding diaryl/α,β-unsaturated/α-hetero) is 1. The van der Waals surface area contributed by atoms with Crippen LogP contribution in [-0.4, -0.2) is 21.7 Å². The lowest BCUT2D eigenvalue weighted by Crippen LogP contribution is -2.22. The number of primary amides is 1. The van der Waals surface area contributed by atoms with Crippen LogP contribution < -0.4 is 5.73 Å². The molecule has 0 aromatic carbocycles. The van der Waals surface area contributed by atoms with Gasteiger partial charge >= 0.3 is 0 Å². The van der Waals surface area contributed by atoms with Crippen molar-refractivity contribution in [2.24, 2.45) is 5.73 Å². The Bertz CT molecular complexity index is 516. The molecule has 1 amide bonds. The number of hydrogen-bond donors (Lipinski definition) is 2. The minimum atomic E-state index is -0.963. The van der Waals surface area contributed by atoms with Crippen LogP contribution in [0.25, 0.3) is 11.0 Å². The Morgan fingerprint density at radius 2 is 2.21 bits per heavy atom. The summed E-state index contributed by atoms with van der Waals surface area (Å²) >= 11 is 0. The molecule has 2 aromatic heterocycles. The Hall–Kier alpha value is -2.17. The highest BCUT2D eigenvalue weighted by atomic mass is 16.2. The van der Waals surface area contributed by atoms with Crippen LogP contribution in [0.2, 0.25) is 0 Å². The van der Waals surface area contributed by atoms with Gasteiger partial charge < -0.3 is 10.7 Å². The number of carbonyl (C=O) groups excluding carboxylic acids is 2. The summed E-state index contributed by atoms with van der Waals surface area (Å²) in [4.78, 5) is 28.7. The quantitative estimate of drug-likeness (QED) is 0.523. The number of amides is 1. The summed E-state index contributed by atoms with van der Waals surface area (Å²) in [6.07, 6.45) is 3.03. The van der Waals surface area contributed by atoms with Gasteiger partial charge in [-0.05, 0) is 12.1 Å². The Morgan fingerprint density at radius 1 is 1.43 bits per heavy atom. The second kappa shape index (κ2) is 2.95. The molecule has 0 aliphatic carbocycles. The van der Waals surface area contributed by atoms with E-state index in [0.29, 0.717) is 11.0 Å². The molecular weight excluding hydrogens is 182 g/mol. The van der Waals surface area contributed by atoms with Gasteiger partial charge in [0.1, 0.15) is 5.65 Å². The molecule has 0 bridgehead atoms. The SMILES string of the molecule is NC(=O)C(=O)c1c[nH]c2ncccc12. The van der Waals surface area contributed by atoms with Crippen LogP contribution in [0.5, 0.6) is 0 Å². The van der Waals surface area contributed by atoms with Gasteiger partial charge in [0.25, 0.3) is 11.7 Å². The number of fused-ring (bicyclic) bond motifs is 1. The van der Waals surface area contributed by atoms with Crippen LogP contribution in [0.4, 0.5) is 0 Å². The number of nitrogens with two attached hydrogens (primary N) is 1. The van der Waals surface area contributed by atoms with Crippen molar-refractivity contribution in [3.05, 3.63) is 30.1 Å². The molecule has 5 nitrogen and oxygen atoms in total. The van der Waals surface area contributed by atoms with Crippen LogP contribution in [-0.2, 0) is 4.79 Å². The lowest BCUT2D eigenvalue weighted by Gasteiger charge is -1.92. The van der Waals surface area contributed by atoms with E-state index in [2.05, 4.69) is 9.97 Å². The van der Waals surface area contributed by atoms with Crippen molar-refractivity contribution in [2.75, 3.05) is 0 Å². The minimum Gasteiger partial charge on any atom is -0.363 e. The first kappa shape index (κ1) is 8.43. The van der Waals surface area contributed by atoms with E-state index in [1.807, 2.05) is 0 Å². The van der Waals surface area contributed by atoms with E-state index in [-0.39, 0.29) is 5.56 Å². The van der Waals surface area contributed by atoms with Gasteiger partial charge in [0.2, 0.25) is 0 Å². The zero-order valence-electron chi connectivity index (χ0n) is 7.15. The molecule has 2 aromatic rings. The Labute approximate surface area is 78.9 Å². The van der Waals surface area contributed by atoms with Gasteiger partial charge in [-0.3, -0.25) is 9.59 Å². The fraction of sp³-hybridized carbons (Fsp3) is 0. The number of aromatic amines is 1. The first-order valence-electron chi connectivity index (χ1n) is 3.96. The van der Waals surface area contributed by atoms with E-state index in [0.717, 1.165) is 0 Å². The van der Waals surface area contributed by atoms with Gasteiger partial charge in [-0.2, -0.15) is 0 Å². The third-order valence-electron chi connectivity index (χ3n) is 1.92. The molecule has 70 valence electrons. The van der Waals surface area contributed by atoms with Crippen molar-refractivity contribution in [1.82, 2.24) is 9.97 Å². The predicted octanol–water partition coefficient (Wildman–Crippen LogP) is 0.231. The summed E-state index contributed by atoms with van der Waals surface area (Å²) in [5.74, 6) is -1.67. The van der Waals surface area contributed by atoms with E-state index in [4.69, 9.17) is 5.73 Å². The topological polar surface area (TPSA) is 88.8 Å². The standard InChI is InChI=1S/C9H7N3O2/c10-8(14)7(13)6-4-12-9-5(6)2-1-3-11-9/h1-4H,(H2,10,14)(H,11,12). The van der Waals surface area contributed by atoms with E-state index in [9.17, 15) is 9.59 Å². The van der Waals surface area contributed by atoms with Crippen molar-refractivity contribution >= 4 is 22.7 Å². The van der Waals surface area contributed by atoms with Crippen LogP contribution >= 0.6 is 0 Å². The second-order valence-electron chi connectivity index (χ2n) is 2.80. The number of nitrogens with zero attached hydrogens (tertiary/aromatic N) is 1. The molecule has 2 rings (SSSR count). The van der Waals surface area contributed by atoms with Crippen molar-refractivity contribution in [1.29, 1.82) is 0 Å². The largest absolute Gasteiger partial charge is 0.363 e. The molecule has 0 fully saturated rings. The maximum absolute atomic E-state index is 11.3. The molecule has 0 aliphatic rings. The lowest BCUT2D eigenvalue weighted by atomic mass is 10.1. The predicted molar refractivity (Wildman–Crippen MR) is 49.6 cm³/mol.